The molecule has 1 N–H and O–H groups in total. The van der Waals surface area contributed by atoms with Gasteiger partial charge in [-0.3, -0.25) is 4.90 Å². The number of rotatable bonds is 6. The Bertz CT molecular complexity index is 1270. The second-order valence-electron chi connectivity index (χ2n) is 13.4. The van der Waals surface area contributed by atoms with E-state index in [4.69, 9.17) is 9.47 Å². The fourth-order valence-corrected chi connectivity index (χ4v) is 6.11. The third kappa shape index (κ3) is 6.52. The molecule has 2 unspecified atom stereocenters. The minimum atomic E-state index is -1.09. The number of fused-ring (bicyclic) bond motifs is 1. The first-order valence-corrected chi connectivity index (χ1v) is 14.4. The Morgan fingerprint density at radius 2 is 1.55 bits per heavy atom. The van der Waals surface area contributed by atoms with Crippen molar-refractivity contribution in [2.24, 2.45) is 0 Å². The number of carboxylic acids is 1. The second-order valence-corrected chi connectivity index (χ2v) is 13.4. The maximum absolute atomic E-state index is 12.9. The summed E-state index contributed by atoms with van der Waals surface area (Å²) in [5.41, 5.74) is 7.18. The molecule has 218 valence electrons. The number of hydrogen-bond acceptors (Lipinski definition) is 5. The zero-order valence-electron chi connectivity index (χ0n) is 25.7. The third-order valence-electron chi connectivity index (χ3n) is 7.85. The molecule has 1 fully saturated rings. The number of carbonyl (C=O) groups is 2. The molecule has 7 nitrogen and oxygen atoms in total. The van der Waals surface area contributed by atoms with Gasteiger partial charge in [0.2, 0.25) is 0 Å². The molecule has 1 amide bonds. The molecule has 0 aromatic heterocycles. The SMILES string of the molecule is Cc1ccc(-c2c(C)c3c(c(C)c2C(OC(C)(C)C)C(=O)O)CN(CC2CCCN2C(=O)OC(C)(C)C)C3)cc1. The van der Waals surface area contributed by atoms with Crippen molar-refractivity contribution in [1.29, 1.82) is 0 Å². The standard InChI is InChI=1S/C33H46N2O5/c1-20-12-14-23(15-13-20)27-21(2)25-18-34(17-24-11-10-16-35(24)31(38)40-33(7,8)9)19-26(25)22(3)28(27)29(30(36)37)39-32(4,5)6/h12-15,24,29H,10-11,16-19H2,1-9H3,(H,36,37). The molecule has 2 heterocycles. The lowest BCUT2D eigenvalue weighted by molar-refractivity contribution is -0.160. The molecule has 0 spiro atoms. The van der Waals surface area contributed by atoms with E-state index in [-0.39, 0.29) is 12.1 Å². The monoisotopic (exact) mass is 550 g/mol. The van der Waals surface area contributed by atoms with Gasteiger partial charge in [-0.2, -0.15) is 0 Å². The van der Waals surface area contributed by atoms with Gasteiger partial charge in [0.05, 0.1) is 5.60 Å². The summed E-state index contributed by atoms with van der Waals surface area (Å²) in [6, 6.07) is 8.38. The Hall–Kier alpha value is -2.90. The largest absolute Gasteiger partial charge is 0.479 e. The van der Waals surface area contributed by atoms with Crippen LogP contribution >= 0.6 is 0 Å². The van der Waals surface area contributed by atoms with E-state index in [1.54, 1.807) is 0 Å². The molecule has 40 heavy (non-hydrogen) atoms. The van der Waals surface area contributed by atoms with E-state index in [0.717, 1.165) is 59.3 Å². The summed E-state index contributed by atoms with van der Waals surface area (Å²) in [6.07, 6.45) is 0.581. The van der Waals surface area contributed by atoms with Gasteiger partial charge in [-0.1, -0.05) is 29.8 Å². The van der Waals surface area contributed by atoms with Crippen molar-refractivity contribution in [2.45, 2.75) is 112 Å². The first-order chi connectivity index (χ1) is 18.6. The number of hydrogen-bond donors (Lipinski definition) is 1. The third-order valence-corrected chi connectivity index (χ3v) is 7.85. The highest BCUT2D eigenvalue weighted by atomic mass is 16.6. The second kappa shape index (κ2) is 11.2. The summed E-state index contributed by atoms with van der Waals surface area (Å²) >= 11 is 0. The Labute approximate surface area is 239 Å². The topological polar surface area (TPSA) is 79.3 Å². The number of aliphatic carboxylic acids is 1. The fraction of sp³-hybridized carbons (Fsp3) is 0.576. The van der Waals surface area contributed by atoms with Gasteiger partial charge in [-0.25, -0.2) is 9.59 Å². The summed E-state index contributed by atoms with van der Waals surface area (Å²) in [4.78, 5) is 29.9. The number of ether oxygens (including phenoxy) is 2. The molecule has 2 aliphatic heterocycles. The lowest BCUT2D eigenvalue weighted by atomic mass is 9.83. The van der Waals surface area contributed by atoms with Crippen molar-refractivity contribution in [3.05, 3.63) is 57.6 Å². The quantitative estimate of drug-likeness (QED) is 0.420. The van der Waals surface area contributed by atoms with Crippen molar-refractivity contribution in [3.63, 3.8) is 0 Å². The van der Waals surface area contributed by atoms with Crippen molar-refractivity contribution in [3.8, 4) is 11.1 Å². The van der Waals surface area contributed by atoms with E-state index in [0.29, 0.717) is 13.1 Å². The molecule has 0 radical (unpaired) electrons. The lowest BCUT2D eigenvalue weighted by Crippen LogP contribution is -2.44. The van der Waals surface area contributed by atoms with Crippen molar-refractivity contribution < 1.29 is 24.2 Å². The van der Waals surface area contributed by atoms with Gasteiger partial charge in [0, 0.05) is 37.8 Å². The molecule has 4 rings (SSSR count). The van der Waals surface area contributed by atoms with Crippen LogP contribution in [0.5, 0.6) is 0 Å². The predicted molar refractivity (Wildman–Crippen MR) is 157 cm³/mol. The summed E-state index contributed by atoms with van der Waals surface area (Å²) in [7, 11) is 0. The molecule has 7 heteroatoms. The molecule has 2 aromatic carbocycles. The van der Waals surface area contributed by atoms with Crippen LogP contribution in [0, 0.1) is 20.8 Å². The summed E-state index contributed by atoms with van der Waals surface area (Å²) < 4.78 is 11.9. The van der Waals surface area contributed by atoms with Gasteiger partial charge in [-0.05, 0) is 109 Å². The maximum atomic E-state index is 12.9. The molecule has 0 saturated carbocycles. The fourth-order valence-electron chi connectivity index (χ4n) is 6.11. The molecule has 1 saturated heterocycles. The Morgan fingerprint density at radius 3 is 2.10 bits per heavy atom. The number of carboxylic acid groups (broad SMARTS) is 1. The van der Waals surface area contributed by atoms with Crippen LogP contribution in [0.3, 0.4) is 0 Å². The summed E-state index contributed by atoms with van der Waals surface area (Å²) in [5, 5.41) is 10.4. The Morgan fingerprint density at radius 1 is 0.950 bits per heavy atom. The minimum Gasteiger partial charge on any atom is -0.479 e. The number of carbonyl (C=O) groups excluding carboxylic acids is 1. The van der Waals surface area contributed by atoms with Crippen LogP contribution in [-0.2, 0) is 27.4 Å². The number of amides is 1. The lowest BCUT2D eigenvalue weighted by Gasteiger charge is -2.30. The molecule has 0 aliphatic carbocycles. The Balaban J connectivity index is 1.73. The first-order valence-electron chi connectivity index (χ1n) is 14.4. The van der Waals surface area contributed by atoms with E-state index >= 15 is 0 Å². The summed E-state index contributed by atoms with van der Waals surface area (Å²) in [5.74, 6) is -0.987. The Kier molecular flexibility index (Phi) is 8.40. The number of nitrogens with zero attached hydrogens (tertiary/aromatic N) is 2. The van der Waals surface area contributed by atoms with Crippen LogP contribution in [-0.4, -0.2) is 57.3 Å². The first kappa shape index (κ1) is 30.1. The maximum Gasteiger partial charge on any atom is 0.410 e. The smallest absolute Gasteiger partial charge is 0.410 e. The van der Waals surface area contributed by atoms with E-state index in [2.05, 4.69) is 43.0 Å². The molecule has 2 aromatic rings. The zero-order chi connectivity index (χ0) is 29.6. The molecule has 0 bridgehead atoms. The van der Waals surface area contributed by atoms with E-state index in [1.165, 1.54) is 11.1 Å². The van der Waals surface area contributed by atoms with Crippen molar-refractivity contribution >= 4 is 12.1 Å². The highest BCUT2D eigenvalue weighted by Gasteiger charge is 2.38. The van der Waals surface area contributed by atoms with Gasteiger partial charge >= 0.3 is 12.1 Å². The van der Waals surface area contributed by atoms with Crippen LogP contribution in [0.1, 0.15) is 93.9 Å². The average molecular weight is 551 g/mol. The van der Waals surface area contributed by atoms with Gasteiger partial charge in [-0.15, -0.1) is 0 Å². The molecule has 2 aliphatic rings. The van der Waals surface area contributed by atoms with Gasteiger partial charge in [0.15, 0.2) is 6.10 Å². The van der Waals surface area contributed by atoms with Crippen LogP contribution in [0.15, 0.2) is 24.3 Å². The van der Waals surface area contributed by atoms with Crippen LogP contribution in [0.25, 0.3) is 11.1 Å². The summed E-state index contributed by atoms with van der Waals surface area (Å²) in [6.45, 7) is 20.5. The highest BCUT2D eigenvalue weighted by molar-refractivity contribution is 5.84. The average Bonchev–Trinajstić information content (AvgIpc) is 3.47. The number of benzene rings is 2. The number of likely N-dealkylation sites (tertiary alicyclic amines) is 1. The zero-order valence-corrected chi connectivity index (χ0v) is 25.7. The van der Waals surface area contributed by atoms with Gasteiger partial charge in [0.1, 0.15) is 5.60 Å². The van der Waals surface area contributed by atoms with Crippen molar-refractivity contribution in [1.82, 2.24) is 9.80 Å². The van der Waals surface area contributed by atoms with E-state index < -0.39 is 23.3 Å². The van der Waals surface area contributed by atoms with E-state index in [1.807, 2.05) is 53.4 Å². The normalized spacial score (nSPS) is 18.6. The predicted octanol–water partition coefficient (Wildman–Crippen LogP) is 6.93. The van der Waals surface area contributed by atoms with Gasteiger partial charge in [0.25, 0.3) is 0 Å². The molecular formula is C33H46N2O5. The van der Waals surface area contributed by atoms with Gasteiger partial charge < -0.3 is 19.5 Å². The minimum absolute atomic E-state index is 0.0943. The molecule has 2 atom stereocenters. The van der Waals surface area contributed by atoms with Crippen molar-refractivity contribution in [2.75, 3.05) is 13.1 Å². The van der Waals surface area contributed by atoms with Crippen LogP contribution in [0.4, 0.5) is 4.79 Å². The van der Waals surface area contributed by atoms with Crippen LogP contribution in [0.2, 0.25) is 0 Å². The number of aryl methyl sites for hydroxylation is 1. The highest BCUT2D eigenvalue weighted by Crippen LogP contribution is 2.44. The van der Waals surface area contributed by atoms with E-state index in [9.17, 15) is 14.7 Å². The molecular weight excluding hydrogens is 504 g/mol. The van der Waals surface area contributed by atoms with Crippen LogP contribution < -0.4 is 0 Å².